The Kier molecular flexibility index (Phi) is 5.42. The van der Waals surface area contributed by atoms with Crippen LogP contribution in [0.1, 0.15) is 16.7 Å². The SMILES string of the molecule is COc1cccc(/C=N\Nc2nc3ccc(C)cc3[nH]2)c1OCc1ccccc1. The topological polar surface area (TPSA) is 71.5 Å². The second-order valence-corrected chi connectivity index (χ2v) is 6.63. The van der Waals surface area contributed by atoms with Crippen molar-refractivity contribution < 1.29 is 9.47 Å². The third kappa shape index (κ3) is 4.38. The van der Waals surface area contributed by atoms with Crippen LogP contribution in [0.4, 0.5) is 5.95 Å². The van der Waals surface area contributed by atoms with Crippen molar-refractivity contribution in [1.29, 1.82) is 0 Å². The van der Waals surface area contributed by atoms with Gasteiger partial charge in [0, 0.05) is 5.56 Å². The van der Waals surface area contributed by atoms with E-state index in [2.05, 4.69) is 26.6 Å². The van der Waals surface area contributed by atoms with E-state index in [1.165, 1.54) is 5.56 Å². The molecule has 0 fully saturated rings. The fraction of sp³-hybridized carbons (Fsp3) is 0.130. The van der Waals surface area contributed by atoms with Gasteiger partial charge >= 0.3 is 0 Å². The molecule has 0 saturated carbocycles. The number of hydrogen-bond acceptors (Lipinski definition) is 5. The highest BCUT2D eigenvalue weighted by atomic mass is 16.5. The van der Waals surface area contributed by atoms with E-state index in [4.69, 9.17) is 9.47 Å². The zero-order chi connectivity index (χ0) is 20.1. The number of aromatic nitrogens is 2. The first-order valence-electron chi connectivity index (χ1n) is 9.32. The Morgan fingerprint density at radius 2 is 1.93 bits per heavy atom. The van der Waals surface area contributed by atoms with Crippen molar-refractivity contribution in [2.24, 2.45) is 5.10 Å². The molecule has 3 aromatic carbocycles. The summed E-state index contributed by atoms with van der Waals surface area (Å²) in [4.78, 5) is 7.70. The Hall–Kier alpha value is -3.80. The van der Waals surface area contributed by atoms with Gasteiger partial charge in [-0.1, -0.05) is 42.5 Å². The predicted octanol–water partition coefficient (Wildman–Crippen LogP) is 4.90. The van der Waals surface area contributed by atoms with Crippen molar-refractivity contribution in [3.05, 3.63) is 83.4 Å². The van der Waals surface area contributed by atoms with Crippen molar-refractivity contribution in [3.8, 4) is 11.5 Å². The van der Waals surface area contributed by atoms with E-state index in [0.29, 0.717) is 24.1 Å². The quantitative estimate of drug-likeness (QED) is 0.350. The Morgan fingerprint density at radius 1 is 1.07 bits per heavy atom. The first kappa shape index (κ1) is 18.6. The number of H-pyrrole nitrogens is 1. The molecule has 0 radical (unpaired) electrons. The molecule has 2 N–H and O–H groups in total. The molecule has 0 saturated heterocycles. The summed E-state index contributed by atoms with van der Waals surface area (Å²) in [5.74, 6) is 1.88. The number of aromatic amines is 1. The summed E-state index contributed by atoms with van der Waals surface area (Å²) < 4.78 is 11.5. The van der Waals surface area contributed by atoms with Crippen LogP contribution in [-0.2, 0) is 6.61 Å². The minimum Gasteiger partial charge on any atom is -0.493 e. The third-order valence-corrected chi connectivity index (χ3v) is 4.47. The minimum atomic E-state index is 0.443. The number of rotatable bonds is 7. The van der Waals surface area contributed by atoms with E-state index < -0.39 is 0 Å². The van der Waals surface area contributed by atoms with E-state index in [9.17, 15) is 0 Å². The number of aryl methyl sites for hydroxylation is 1. The Bertz CT molecular complexity index is 1140. The fourth-order valence-electron chi connectivity index (χ4n) is 3.02. The molecule has 1 heterocycles. The van der Waals surface area contributed by atoms with Crippen LogP contribution >= 0.6 is 0 Å². The van der Waals surface area contributed by atoms with Crippen LogP contribution in [-0.4, -0.2) is 23.3 Å². The summed E-state index contributed by atoms with van der Waals surface area (Å²) in [6, 6.07) is 21.8. The van der Waals surface area contributed by atoms with Gasteiger partial charge in [0.1, 0.15) is 6.61 Å². The first-order chi connectivity index (χ1) is 14.2. The highest BCUT2D eigenvalue weighted by Crippen LogP contribution is 2.31. The molecule has 6 heteroatoms. The van der Waals surface area contributed by atoms with Crippen LogP contribution in [0.5, 0.6) is 11.5 Å². The summed E-state index contributed by atoms with van der Waals surface area (Å²) in [6.45, 7) is 2.49. The lowest BCUT2D eigenvalue weighted by molar-refractivity contribution is 0.284. The highest BCUT2D eigenvalue weighted by molar-refractivity contribution is 5.85. The predicted molar refractivity (Wildman–Crippen MR) is 116 cm³/mol. The van der Waals surface area contributed by atoms with Gasteiger partial charge in [-0.25, -0.2) is 10.4 Å². The first-order valence-corrected chi connectivity index (χ1v) is 9.32. The van der Waals surface area contributed by atoms with Gasteiger partial charge in [-0.3, -0.25) is 0 Å². The Labute approximate surface area is 169 Å². The maximum atomic E-state index is 6.04. The number of nitrogens with zero attached hydrogens (tertiary/aromatic N) is 2. The van der Waals surface area contributed by atoms with Gasteiger partial charge in [0.05, 0.1) is 24.4 Å². The summed E-state index contributed by atoms with van der Waals surface area (Å²) in [6.07, 6.45) is 1.70. The zero-order valence-corrected chi connectivity index (χ0v) is 16.3. The molecule has 0 spiro atoms. The van der Waals surface area contributed by atoms with Crippen molar-refractivity contribution in [1.82, 2.24) is 9.97 Å². The number of hydrogen-bond donors (Lipinski definition) is 2. The Balaban J connectivity index is 1.52. The van der Waals surface area contributed by atoms with Crippen LogP contribution in [0.3, 0.4) is 0 Å². The Morgan fingerprint density at radius 3 is 2.76 bits per heavy atom. The molecule has 0 bridgehead atoms. The second kappa shape index (κ2) is 8.48. The molecule has 0 atom stereocenters. The monoisotopic (exact) mass is 386 g/mol. The lowest BCUT2D eigenvalue weighted by atomic mass is 10.2. The molecule has 0 aliphatic heterocycles. The number of methoxy groups -OCH3 is 1. The van der Waals surface area contributed by atoms with Gasteiger partial charge in [-0.2, -0.15) is 5.10 Å². The van der Waals surface area contributed by atoms with E-state index in [1.54, 1.807) is 13.3 Å². The molecular weight excluding hydrogens is 364 g/mol. The summed E-state index contributed by atoms with van der Waals surface area (Å²) in [7, 11) is 1.63. The summed E-state index contributed by atoms with van der Waals surface area (Å²) in [5, 5.41) is 4.32. The lowest BCUT2D eigenvalue weighted by Gasteiger charge is -2.13. The standard InChI is InChI=1S/C23H22N4O2/c1-16-11-12-19-20(13-16)26-23(25-19)27-24-14-18-9-6-10-21(28-2)22(18)29-15-17-7-4-3-5-8-17/h3-14H,15H2,1-2H3,(H2,25,26,27)/b24-14-. The normalized spacial score (nSPS) is 11.1. The van der Waals surface area contributed by atoms with Gasteiger partial charge in [-0.15, -0.1) is 0 Å². The number of imidazole rings is 1. The maximum absolute atomic E-state index is 6.04. The largest absolute Gasteiger partial charge is 0.493 e. The van der Waals surface area contributed by atoms with Gasteiger partial charge < -0.3 is 14.5 Å². The average Bonchev–Trinajstić information content (AvgIpc) is 3.15. The number of para-hydroxylation sites is 1. The van der Waals surface area contributed by atoms with Crippen LogP contribution in [0.2, 0.25) is 0 Å². The molecule has 6 nitrogen and oxygen atoms in total. The molecule has 1 aromatic heterocycles. The average molecular weight is 386 g/mol. The molecule has 146 valence electrons. The van der Waals surface area contributed by atoms with E-state index in [0.717, 1.165) is 22.2 Å². The number of fused-ring (bicyclic) bond motifs is 1. The van der Waals surface area contributed by atoms with Crippen LogP contribution in [0.25, 0.3) is 11.0 Å². The molecule has 0 unspecified atom stereocenters. The minimum absolute atomic E-state index is 0.443. The molecular formula is C23H22N4O2. The van der Waals surface area contributed by atoms with Gasteiger partial charge in [0.25, 0.3) is 0 Å². The number of benzene rings is 3. The van der Waals surface area contributed by atoms with E-state index >= 15 is 0 Å². The van der Waals surface area contributed by atoms with Crippen LogP contribution < -0.4 is 14.9 Å². The zero-order valence-electron chi connectivity index (χ0n) is 16.3. The highest BCUT2D eigenvalue weighted by Gasteiger charge is 2.10. The van der Waals surface area contributed by atoms with Crippen molar-refractivity contribution >= 4 is 23.2 Å². The lowest BCUT2D eigenvalue weighted by Crippen LogP contribution is -2.01. The number of ether oxygens (including phenoxy) is 2. The molecule has 0 amide bonds. The van der Waals surface area contributed by atoms with Crippen molar-refractivity contribution in [2.75, 3.05) is 12.5 Å². The molecule has 0 aliphatic rings. The summed E-state index contributed by atoms with van der Waals surface area (Å²) in [5.41, 5.74) is 7.87. The smallest absolute Gasteiger partial charge is 0.222 e. The third-order valence-electron chi connectivity index (χ3n) is 4.47. The van der Waals surface area contributed by atoms with Gasteiger partial charge in [0.2, 0.25) is 5.95 Å². The number of hydrazone groups is 1. The second-order valence-electron chi connectivity index (χ2n) is 6.63. The van der Waals surface area contributed by atoms with E-state index in [-0.39, 0.29) is 0 Å². The number of anilines is 1. The van der Waals surface area contributed by atoms with Gasteiger partial charge in [0.15, 0.2) is 11.5 Å². The van der Waals surface area contributed by atoms with E-state index in [1.807, 2.05) is 67.6 Å². The summed E-state index contributed by atoms with van der Waals surface area (Å²) >= 11 is 0. The fourth-order valence-corrected chi connectivity index (χ4v) is 3.02. The van der Waals surface area contributed by atoms with Crippen LogP contribution in [0.15, 0.2) is 71.8 Å². The van der Waals surface area contributed by atoms with Gasteiger partial charge in [-0.05, 0) is 42.3 Å². The molecule has 4 rings (SSSR count). The number of nitrogens with one attached hydrogen (secondary N) is 2. The molecule has 29 heavy (non-hydrogen) atoms. The van der Waals surface area contributed by atoms with Crippen LogP contribution in [0, 0.1) is 6.92 Å². The molecule has 4 aromatic rings. The van der Waals surface area contributed by atoms with Crippen molar-refractivity contribution in [3.63, 3.8) is 0 Å². The molecule has 0 aliphatic carbocycles. The maximum Gasteiger partial charge on any atom is 0.222 e. The van der Waals surface area contributed by atoms with Crippen molar-refractivity contribution in [2.45, 2.75) is 13.5 Å².